The molecule has 3 amide bonds. The Labute approximate surface area is 193 Å². The first-order valence-corrected chi connectivity index (χ1v) is 12.1. The molecule has 168 valence electrons. The Balaban J connectivity index is 0.00000231. The first-order valence-electron chi connectivity index (χ1n) is 11.3. The number of nitrogens with one attached hydrogen (secondary N) is 3. The number of hydrogen-bond acceptors (Lipinski definition) is 4. The van der Waals surface area contributed by atoms with Gasteiger partial charge in [-0.05, 0) is 68.3 Å². The maximum Gasteiger partial charge on any atom is 0.319 e. The molecule has 3 N–H and O–H groups in total. The summed E-state index contributed by atoms with van der Waals surface area (Å²) in [5, 5.41) is 10.3. The number of amides is 3. The van der Waals surface area contributed by atoms with Crippen LogP contribution in [0.3, 0.4) is 0 Å². The van der Waals surface area contributed by atoms with Gasteiger partial charge >= 0.3 is 6.03 Å². The molecule has 4 fully saturated rings. The van der Waals surface area contributed by atoms with Crippen LogP contribution in [0, 0.1) is 5.92 Å². The fourth-order valence-corrected chi connectivity index (χ4v) is 6.19. The highest BCUT2D eigenvalue weighted by molar-refractivity contribution is 7.20. The van der Waals surface area contributed by atoms with Crippen LogP contribution in [0.5, 0.6) is 0 Å². The molecule has 4 heterocycles. The highest BCUT2D eigenvalue weighted by Gasteiger charge is 2.35. The van der Waals surface area contributed by atoms with E-state index in [2.05, 4.69) is 20.9 Å². The van der Waals surface area contributed by atoms with Crippen molar-refractivity contribution >= 4 is 51.5 Å². The number of piperidine rings is 3. The second kappa shape index (κ2) is 9.76. The summed E-state index contributed by atoms with van der Waals surface area (Å²) in [5.74, 6) is 0.645. The lowest BCUT2D eigenvalue weighted by molar-refractivity contribution is 0.0622. The van der Waals surface area contributed by atoms with Gasteiger partial charge in [0.1, 0.15) is 0 Å². The van der Waals surface area contributed by atoms with Crippen molar-refractivity contribution in [2.24, 2.45) is 5.92 Å². The summed E-state index contributed by atoms with van der Waals surface area (Å²) in [6.45, 7) is 3.32. The lowest BCUT2D eigenvalue weighted by Crippen LogP contribution is -2.57. The van der Waals surface area contributed by atoms with Crippen molar-refractivity contribution in [1.82, 2.24) is 15.5 Å². The molecule has 0 spiro atoms. The molecule has 0 unspecified atom stereocenters. The Hall–Kier alpha value is -1.83. The van der Waals surface area contributed by atoms with Gasteiger partial charge in [-0.1, -0.05) is 25.3 Å². The Morgan fingerprint density at radius 3 is 2.45 bits per heavy atom. The summed E-state index contributed by atoms with van der Waals surface area (Å²) in [6, 6.07) is 8.22. The second-order valence-corrected chi connectivity index (χ2v) is 10.1. The maximum atomic E-state index is 12.8. The first kappa shape index (κ1) is 22.4. The Kier molecular flexibility index (Phi) is 7.04. The van der Waals surface area contributed by atoms with E-state index in [4.69, 9.17) is 0 Å². The lowest BCUT2D eigenvalue weighted by atomic mass is 9.84. The number of halogens is 1. The first-order chi connectivity index (χ1) is 14.6. The number of rotatable bonds is 4. The van der Waals surface area contributed by atoms with Gasteiger partial charge in [-0.25, -0.2) is 4.79 Å². The fraction of sp³-hybridized carbons (Fsp3) is 0.565. The number of urea groups is 1. The number of carbonyl (C=O) groups excluding carboxylic acids is 2. The van der Waals surface area contributed by atoms with Gasteiger partial charge in [0.05, 0.1) is 4.88 Å². The van der Waals surface area contributed by atoms with Crippen LogP contribution < -0.4 is 16.0 Å². The van der Waals surface area contributed by atoms with Gasteiger partial charge < -0.3 is 20.9 Å². The number of carbonyl (C=O) groups is 2. The Bertz CT molecular complexity index is 935. The molecule has 1 aromatic carbocycles. The molecule has 6 rings (SSSR count). The molecule has 0 radical (unpaired) electrons. The van der Waals surface area contributed by atoms with Crippen molar-refractivity contribution in [3.05, 3.63) is 29.1 Å². The van der Waals surface area contributed by atoms with Crippen molar-refractivity contribution in [2.75, 3.05) is 25.0 Å². The fourth-order valence-electron chi connectivity index (χ4n) is 5.19. The molecular weight excluding hydrogens is 432 g/mol. The molecule has 1 saturated carbocycles. The van der Waals surface area contributed by atoms with Crippen LogP contribution in [0.1, 0.15) is 54.6 Å². The SMILES string of the molecule is Cl.O=C(Nc1ccc2cc(C(=O)N[C@H]3CN4CCC3CC4)sc2c1)NC1CCCCC1. The second-order valence-electron chi connectivity index (χ2n) is 9.01. The molecule has 8 heteroatoms. The van der Waals surface area contributed by atoms with E-state index in [1.807, 2.05) is 24.3 Å². The van der Waals surface area contributed by atoms with Crippen LogP contribution >= 0.6 is 23.7 Å². The molecule has 3 saturated heterocycles. The smallest absolute Gasteiger partial charge is 0.319 e. The van der Waals surface area contributed by atoms with Crippen LogP contribution in [-0.4, -0.2) is 48.6 Å². The molecular formula is C23H31ClN4O2S. The van der Waals surface area contributed by atoms with Crippen molar-refractivity contribution in [3.63, 3.8) is 0 Å². The molecule has 3 aliphatic heterocycles. The number of fused-ring (bicyclic) bond motifs is 4. The summed E-state index contributed by atoms with van der Waals surface area (Å²) < 4.78 is 1.02. The predicted octanol–water partition coefficient (Wildman–Crippen LogP) is 4.60. The largest absolute Gasteiger partial charge is 0.347 e. The van der Waals surface area contributed by atoms with E-state index >= 15 is 0 Å². The van der Waals surface area contributed by atoms with Crippen LogP contribution in [0.4, 0.5) is 10.5 Å². The molecule has 2 bridgehead atoms. The molecule has 6 nitrogen and oxygen atoms in total. The molecule has 1 aliphatic carbocycles. The normalized spacial score (nSPS) is 25.6. The highest BCUT2D eigenvalue weighted by atomic mass is 35.5. The summed E-state index contributed by atoms with van der Waals surface area (Å²) >= 11 is 1.49. The van der Waals surface area contributed by atoms with Crippen molar-refractivity contribution in [1.29, 1.82) is 0 Å². The van der Waals surface area contributed by atoms with Gasteiger partial charge in [-0.3, -0.25) is 4.79 Å². The van der Waals surface area contributed by atoms with Gasteiger partial charge in [0.25, 0.3) is 5.91 Å². The zero-order valence-electron chi connectivity index (χ0n) is 17.7. The number of benzene rings is 1. The minimum atomic E-state index is -0.141. The predicted molar refractivity (Wildman–Crippen MR) is 129 cm³/mol. The third kappa shape index (κ3) is 5.16. The van der Waals surface area contributed by atoms with E-state index in [0.29, 0.717) is 5.92 Å². The van der Waals surface area contributed by atoms with Gasteiger partial charge in [0.15, 0.2) is 0 Å². The lowest BCUT2D eigenvalue weighted by Gasteiger charge is -2.44. The standard InChI is InChI=1S/C23H30N4O2S.ClH/c28-22(26-19-14-27-10-8-15(19)9-11-27)21-12-16-6-7-18(13-20(16)30-21)25-23(29)24-17-4-2-1-3-5-17;/h6-7,12-13,15,17,19H,1-5,8-11,14H2,(H,26,28)(H2,24,25,29);1H/t19-;/m0./s1. The average molecular weight is 463 g/mol. The number of thiophene rings is 1. The van der Waals surface area contributed by atoms with Crippen LogP contribution in [0.25, 0.3) is 10.1 Å². The average Bonchev–Trinajstić information content (AvgIpc) is 3.19. The van der Waals surface area contributed by atoms with Crippen molar-refractivity contribution in [3.8, 4) is 0 Å². The summed E-state index contributed by atoms with van der Waals surface area (Å²) in [7, 11) is 0. The highest BCUT2D eigenvalue weighted by Crippen LogP contribution is 2.30. The van der Waals surface area contributed by atoms with Gasteiger partial charge in [0, 0.05) is 29.0 Å². The number of anilines is 1. The molecule has 4 aliphatic rings. The van der Waals surface area contributed by atoms with E-state index in [1.165, 1.54) is 56.5 Å². The van der Waals surface area contributed by atoms with Crippen molar-refractivity contribution < 1.29 is 9.59 Å². The van der Waals surface area contributed by atoms with Gasteiger partial charge in [-0.2, -0.15) is 0 Å². The minimum absolute atomic E-state index is 0. The summed E-state index contributed by atoms with van der Waals surface area (Å²) in [4.78, 5) is 28.4. The van der Waals surface area contributed by atoms with Crippen LogP contribution in [0.15, 0.2) is 24.3 Å². The van der Waals surface area contributed by atoms with Gasteiger partial charge in [0.2, 0.25) is 0 Å². The molecule has 1 atom stereocenters. The van der Waals surface area contributed by atoms with E-state index in [-0.39, 0.29) is 36.4 Å². The third-order valence-corrected chi connectivity index (χ3v) is 8.01. The van der Waals surface area contributed by atoms with Crippen LogP contribution in [0.2, 0.25) is 0 Å². The molecule has 1 aromatic heterocycles. The zero-order chi connectivity index (χ0) is 20.5. The van der Waals surface area contributed by atoms with E-state index < -0.39 is 0 Å². The minimum Gasteiger partial charge on any atom is -0.347 e. The zero-order valence-corrected chi connectivity index (χ0v) is 19.3. The van der Waals surface area contributed by atoms with Gasteiger partial charge in [-0.15, -0.1) is 23.7 Å². The Morgan fingerprint density at radius 1 is 0.968 bits per heavy atom. The number of hydrogen-bond donors (Lipinski definition) is 3. The monoisotopic (exact) mass is 462 g/mol. The molecule has 2 aromatic rings. The van der Waals surface area contributed by atoms with E-state index in [9.17, 15) is 9.59 Å². The van der Waals surface area contributed by atoms with E-state index in [1.54, 1.807) is 0 Å². The van der Waals surface area contributed by atoms with Crippen molar-refractivity contribution in [2.45, 2.75) is 57.0 Å². The quantitative estimate of drug-likeness (QED) is 0.621. The maximum absolute atomic E-state index is 12.8. The molecule has 31 heavy (non-hydrogen) atoms. The topological polar surface area (TPSA) is 73.5 Å². The number of nitrogens with zero attached hydrogens (tertiary/aromatic N) is 1. The Morgan fingerprint density at radius 2 is 1.74 bits per heavy atom. The third-order valence-electron chi connectivity index (χ3n) is 6.91. The van der Waals surface area contributed by atoms with Crippen LogP contribution in [-0.2, 0) is 0 Å². The van der Waals surface area contributed by atoms with E-state index in [0.717, 1.165) is 40.0 Å². The summed E-state index contributed by atoms with van der Waals surface area (Å²) in [5.41, 5.74) is 0.766. The summed E-state index contributed by atoms with van der Waals surface area (Å²) in [6.07, 6.45) is 8.16.